The maximum atomic E-state index is 12.1. The fourth-order valence-electron chi connectivity index (χ4n) is 2.11. The van der Waals surface area contributed by atoms with Crippen LogP contribution in [-0.4, -0.2) is 10.9 Å². The maximum Gasteiger partial charge on any atom is 0.228 e. The Morgan fingerprint density at radius 1 is 1.27 bits per heavy atom. The standard InChI is InChI=1S/C15H13ClN4OS/c16-11-7-10(8-12-14(11)19-15(20-17)22-12)18-13(21)6-9-4-2-1-3-5-9/h1-5,7-8H,6,17H2,(H,18,21)(H,19,20). The van der Waals surface area contributed by atoms with Crippen molar-refractivity contribution in [1.29, 1.82) is 0 Å². The van der Waals surface area contributed by atoms with Crippen molar-refractivity contribution in [2.45, 2.75) is 6.42 Å². The van der Waals surface area contributed by atoms with Crippen LogP contribution in [0, 0.1) is 0 Å². The maximum absolute atomic E-state index is 12.1. The van der Waals surface area contributed by atoms with Crippen LogP contribution >= 0.6 is 22.9 Å². The van der Waals surface area contributed by atoms with E-state index in [-0.39, 0.29) is 5.91 Å². The highest BCUT2D eigenvalue weighted by Gasteiger charge is 2.10. The van der Waals surface area contributed by atoms with E-state index < -0.39 is 0 Å². The molecule has 0 spiro atoms. The first-order valence-electron chi connectivity index (χ1n) is 6.56. The normalized spacial score (nSPS) is 10.6. The number of halogens is 1. The van der Waals surface area contributed by atoms with Gasteiger partial charge in [-0.2, -0.15) is 0 Å². The Balaban J connectivity index is 1.80. The minimum absolute atomic E-state index is 0.0942. The van der Waals surface area contributed by atoms with Crippen molar-refractivity contribution in [1.82, 2.24) is 4.98 Å². The fourth-order valence-corrected chi connectivity index (χ4v) is 3.27. The lowest BCUT2D eigenvalue weighted by molar-refractivity contribution is -0.115. The number of carbonyl (C=O) groups is 1. The summed E-state index contributed by atoms with van der Waals surface area (Å²) >= 11 is 7.57. The Morgan fingerprint density at radius 3 is 2.77 bits per heavy atom. The lowest BCUT2D eigenvalue weighted by Crippen LogP contribution is -2.14. The van der Waals surface area contributed by atoms with Crippen molar-refractivity contribution in [3.8, 4) is 0 Å². The van der Waals surface area contributed by atoms with Gasteiger partial charge in [0.05, 0.1) is 16.1 Å². The molecule has 0 saturated carbocycles. The third kappa shape index (κ3) is 3.19. The Hall–Kier alpha value is -2.15. The summed E-state index contributed by atoms with van der Waals surface area (Å²) in [5.74, 6) is 5.26. The SMILES string of the molecule is NNc1nc2c(Cl)cc(NC(=O)Cc3ccccc3)cc2s1. The Bertz CT molecular complexity index is 819. The first-order chi connectivity index (χ1) is 10.7. The Kier molecular flexibility index (Phi) is 4.24. The van der Waals surface area contributed by atoms with E-state index in [1.807, 2.05) is 36.4 Å². The molecule has 7 heteroatoms. The number of nitrogens with one attached hydrogen (secondary N) is 2. The summed E-state index contributed by atoms with van der Waals surface area (Å²) in [5.41, 5.74) is 4.77. The average Bonchev–Trinajstić information content (AvgIpc) is 2.92. The second kappa shape index (κ2) is 6.31. The number of rotatable bonds is 4. The number of carbonyl (C=O) groups excluding carboxylic acids is 1. The molecule has 5 nitrogen and oxygen atoms in total. The summed E-state index contributed by atoms with van der Waals surface area (Å²) in [4.78, 5) is 16.3. The van der Waals surface area contributed by atoms with Crippen LogP contribution in [0.3, 0.4) is 0 Å². The number of aromatic nitrogens is 1. The lowest BCUT2D eigenvalue weighted by atomic mass is 10.1. The molecule has 1 aromatic heterocycles. The highest BCUT2D eigenvalue weighted by Crippen LogP contribution is 2.33. The highest BCUT2D eigenvalue weighted by atomic mass is 35.5. The molecule has 0 radical (unpaired) electrons. The van der Waals surface area contributed by atoms with Crippen LogP contribution in [0.1, 0.15) is 5.56 Å². The Labute approximate surface area is 136 Å². The number of fused-ring (bicyclic) bond motifs is 1. The van der Waals surface area contributed by atoms with Gasteiger partial charge in [-0.15, -0.1) is 0 Å². The molecule has 0 aliphatic carbocycles. The largest absolute Gasteiger partial charge is 0.326 e. The smallest absolute Gasteiger partial charge is 0.228 e. The summed E-state index contributed by atoms with van der Waals surface area (Å²) in [6.45, 7) is 0. The van der Waals surface area contributed by atoms with Gasteiger partial charge in [0.2, 0.25) is 5.91 Å². The van der Waals surface area contributed by atoms with E-state index in [0.717, 1.165) is 10.3 Å². The summed E-state index contributed by atoms with van der Waals surface area (Å²) < 4.78 is 0.857. The third-order valence-corrected chi connectivity index (χ3v) is 4.28. The molecule has 0 aliphatic heterocycles. The van der Waals surface area contributed by atoms with E-state index in [2.05, 4.69) is 15.7 Å². The summed E-state index contributed by atoms with van der Waals surface area (Å²) in [5, 5.41) is 3.91. The number of anilines is 2. The summed E-state index contributed by atoms with van der Waals surface area (Å²) in [7, 11) is 0. The molecule has 0 unspecified atom stereocenters. The van der Waals surface area contributed by atoms with Gasteiger partial charge in [-0.1, -0.05) is 53.3 Å². The molecule has 1 heterocycles. The summed E-state index contributed by atoms with van der Waals surface area (Å²) in [6, 6.07) is 13.1. The highest BCUT2D eigenvalue weighted by molar-refractivity contribution is 7.22. The molecule has 4 N–H and O–H groups in total. The van der Waals surface area contributed by atoms with Crippen molar-refractivity contribution >= 4 is 49.9 Å². The van der Waals surface area contributed by atoms with E-state index in [1.165, 1.54) is 11.3 Å². The third-order valence-electron chi connectivity index (χ3n) is 3.06. The molecule has 3 aromatic rings. The zero-order chi connectivity index (χ0) is 15.5. The van der Waals surface area contributed by atoms with Gasteiger partial charge in [0.1, 0.15) is 5.52 Å². The minimum Gasteiger partial charge on any atom is -0.326 e. The molecule has 22 heavy (non-hydrogen) atoms. The first-order valence-corrected chi connectivity index (χ1v) is 7.75. The molecule has 0 bridgehead atoms. The zero-order valence-electron chi connectivity index (χ0n) is 11.5. The van der Waals surface area contributed by atoms with Crippen LogP contribution < -0.4 is 16.6 Å². The van der Waals surface area contributed by atoms with Gasteiger partial charge in [-0.05, 0) is 17.7 Å². The first kappa shape index (κ1) is 14.8. The van der Waals surface area contributed by atoms with E-state index in [4.69, 9.17) is 17.4 Å². The molecule has 3 rings (SSSR count). The number of benzene rings is 2. The van der Waals surface area contributed by atoms with Gasteiger partial charge in [0.25, 0.3) is 0 Å². The van der Waals surface area contributed by atoms with Gasteiger partial charge < -0.3 is 5.32 Å². The predicted molar refractivity (Wildman–Crippen MR) is 91.2 cm³/mol. The van der Waals surface area contributed by atoms with Crippen LogP contribution in [0.4, 0.5) is 10.8 Å². The van der Waals surface area contributed by atoms with Crippen molar-refractivity contribution in [2.75, 3.05) is 10.7 Å². The topological polar surface area (TPSA) is 80.0 Å². The molecule has 0 aliphatic rings. The molecular formula is C15H13ClN4OS. The number of nitrogens with zero attached hydrogens (tertiary/aromatic N) is 1. The molecular weight excluding hydrogens is 320 g/mol. The minimum atomic E-state index is -0.0942. The number of hydrazine groups is 1. The van der Waals surface area contributed by atoms with Crippen molar-refractivity contribution < 1.29 is 4.79 Å². The second-order valence-electron chi connectivity index (χ2n) is 4.68. The van der Waals surface area contributed by atoms with Gasteiger partial charge in [0.15, 0.2) is 5.13 Å². The monoisotopic (exact) mass is 332 g/mol. The van der Waals surface area contributed by atoms with Crippen LogP contribution in [-0.2, 0) is 11.2 Å². The molecule has 112 valence electrons. The molecule has 2 aromatic carbocycles. The predicted octanol–water partition coefficient (Wildman–Crippen LogP) is 3.42. The van der Waals surface area contributed by atoms with Crippen LogP contribution in [0.15, 0.2) is 42.5 Å². The van der Waals surface area contributed by atoms with E-state index in [9.17, 15) is 4.79 Å². The number of hydrogen-bond acceptors (Lipinski definition) is 5. The van der Waals surface area contributed by atoms with Crippen LogP contribution in [0.2, 0.25) is 5.02 Å². The van der Waals surface area contributed by atoms with E-state index >= 15 is 0 Å². The average molecular weight is 333 g/mol. The van der Waals surface area contributed by atoms with Gasteiger partial charge in [0, 0.05) is 5.69 Å². The van der Waals surface area contributed by atoms with Crippen LogP contribution in [0.5, 0.6) is 0 Å². The number of thiazole rings is 1. The molecule has 0 saturated heterocycles. The number of hydrogen-bond donors (Lipinski definition) is 3. The van der Waals surface area contributed by atoms with Crippen LogP contribution in [0.25, 0.3) is 10.2 Å². The number of amides is 1. The lowest BCUT2D eigenvalue weighted by Gasteiger charge is -2.06. The van der Waals surface area contributed by atoms with Gasteiger partial charge in [-0.3, -0.25) is 10.2 Å². The fraction of sp³-hybridized carbons (Fsp3) is 0.0667. The van der Waals surface area contributed by atoms with E-state index in [1.54, 1.807) is 6.07 Å². The quantitative estimate of drug-likeness (QED) is 0.505. The molecule has 0 fully saturated rings. The van der Waals surface area contributed by atoms with Crippen molar-refractivity contribution in [2.24, 2.45) is 5.84 Å². The second-order valence-corrected chi connectivity index (χ2v) is 6.12. The molecule has 1 amide bonds. The molecule has 0 atom stereocenters. The summed E-state index contributed by atoms with van der Waals surface area (Å²) in [6.07, 6.45) is 0.314. The Morgan fingerprint density at radius 2 is 2.05 bits per heavy atom. The van der Waals surface area contributed by atoms with Crippen molar-refractivity contribution in [3.63, 3.8) is 0 Å². The number of nitrogen functional groups attached to an aromatic ring is 1. The van der Waals surface area contributed by atoms with Gasteiger partial charge in [-0.25, -0.2) is 10.8 Å². The van der Waals surface area contributed by atoms with E-state index in [0.29, 0.717) is 27.8 Å². The zero-order valence-corrected chi connectivity index (χ0v) is 13.0. The van der Waals surface area contributed by atoms with Gasteiger partial charge >= 0.3 is 0 Å². The number of nitrogens with two attached hydrogens (primary N) is 1. The van der Waals surface area contributed by atoms with Crippen molar-refractivity contribution in [3.05, 3.63) is 53.1 Å².